The number of alkyl halides is 1. The molecule has 0 N–H and O–H groups in total. The molecule has 35 heavy (non-hydrogen) atoms. The lowest BCUT2D eigenvalue weighted by molar-refractivity contribution is 0.108. The van der Waals surface area contributed by atoms with E-state index in [9.17, 15) is 9.59 Å². The van der Waals surface area contributed by atoms with E-state index in [0.717, 1.165) is 22.3 Å². The zero-order valence-corrected chi connectivity index (χ0v) is 22.4. The van der Waals surface area contributed by atoms with E-state index in [1.807, 2.05) is 69.3 Å². The third kappa shape index (κ3) is 11.6. The number of benzene rings is 3. The molecule has 0 radical (unpaired) electrons. The molecule has 0 spiro atoms. The minimum Gasteiger partial charge on any atom is -0.422 e. The Morgan fingerprint density at radius 3 is 1.97 bits per heavy atom. The Bertz CT molecular complexity index is 1200. The molecule has 0 saturated carbocycles. The summed E-state index contributed by atoms with van der Waals surface area (Å²) in [5, 5.41) is 1.22. The molecule has 0 bridgehead atoms. The molecule has 3 aromatic carbocycles. The first-order valence-corrected chi connectivity index (χ1v) is 12.9. The molecule has 0 amide bonds. The van der Waals surface area contributed by atoms with Gasteiger partial charge >= 0.3 is 5.63 Å². The Balaban J connectivity index is 0.000000536. The van der Waals surface area contributed by atoms with E-state index in [0.29, 0.717) is 16.8 Å². The summed E-state index contributed by atoms with van der Waals surface area (Å²) in [6, 6.07) is 24.9. The van der Waals surface area contributed by atoms with E-state index in [1.165, 1.54) is 11.1 Å². The third-order valence-electron chi connectivity index (χ3n) is 4.28. The zero-order chi connectivity index (χ0) is 25.5. The van der Waals surface area contributed by atoms with Crippen LogP contribution in [0, 0.1) is 13.8 Å². The Kier molecular flexibility index (Phi) is 16.5. The van der Waals surface area contributed by atoms with Gasteiger partial charge in [-0.3, -0.25) is 4.79 Å². The van der Waals surface area contributed by atoms with E-state index in [1.54, 1.807) is 24.5 Å². The average Bonchev–Trinajstić information content (AvgIpc) is 2.85. The number of halogens is 2. The van der Waals surface area contributed by atoms with Gasteiger partial charge in [-0.1, -0.05) is 98.7 Å². The van der Waals surface area contributed by atoms with Crippen molar-refractivity contribution in [2.24, 2.45) is 0 Å². The van der Waals surface area contributed by atoms with Crippen molar-refractivity contribution >= 4 is 51.0 Å². The van der Waals surface area contributed by atoms with Crippen LogP contribution in [0.25, 0.3) is 11.0 Å². The maximum Gasteiger partial charge on any atom is 0.348 e. The monoisotopic (exact) mass is 532 g/mol. The van der Waals surface area contributed by atoms with Gasteiger partial charge in [0.15, 0.2) is 0 Å². The van der Waals surface area contributed by atoms with Crippen LogP contribution in [0.3, 0.4) is 0 Å². The standard InChI is InChI=1S/C12H9ClO3S.C7H7Cl.C7H8.C2H6.CH4/c1-17-12(15)9-5-8-4-7(6-13)2-3-10(8)16-11(9)14;1-6-3-2-4-7(8)5-6;1-7-5-3-2-4-6-7;1-2;/h2-5H,6H2,1H3;2-5H,1H3;2-6H,1H3;1-2H3;1H4. The Hall–Kier alpha value is -2.53. The fraction of sp³-hybridized carbons (Fsp3) is 0.241. The summed E-state index contributed by atoms with van der Waals surface area (Å²) in [6.07, 6.45) is 1.63. The highest BCUT2D eigenvalue weighted by Crippen LogP contribution is 2.18. The number of thioether (sulfide) groups is 1. The summed E-state index contributed by atoms with van der Waals surface area (Å²) >= 11 is 12.4. The molecule has 0 unspecified atom stereocenters. The number of fused-ring (bicyclic) bond motifs is 1. The molecule has 4 rings (SSSR count). The fourth-order valence-electron chi connectivity index (χ4n) is 2.65. The number of hydrogen-bond acceptors (Lipinski definition) is 4. The molecule has 4 aromatic rings. The van der Waals surface area contributed by atoms with Gasteiger partial charge in [0.1, 0.15) is 11.1 Å². The van der Waals surface area contributed by atoms with Crippen LogP contribution in [0.2, 0.25) is 5.02 Å². The van der Waals surface area contributed by atoms with Crippen LogP contribution < -0.4 is 5.63 Å². The maximum atomic E-state index is 11.6. The van der Waals surface area contributed by atoms with Crippen molar-refractivity contribution in [3.63, 3.8) is 0 Å². The maximum absolute atomic E-state index is 11.6. The minimum atomic E-state index is -0.601. The topological polar surface area (TPSA) is 47.3 Å². The third-order valence-corrected chi connectivity index (χ3v) is 5.41. The van der Waals surface area contributed by atoms with Crippen molar-refractivity contribution in [2.45, 2.75) is 41.0 Å². The molecule has 0 fully saturated rings. The summed E-state index contributed by atoms with van der Waals surface area (Å²) in [5.41, 5.74) is 3.37. The number of hydrogen-bond donors (Lipinski definition) is 0. The Labute approximate surface area is 223 Å². The van der Waals surface area contributed by atoms with E-state index in [2.05, 4.69) is 19.1 Å². The predicted molar refractivity (Wildman–Crippen MR) is 155 cm³/mol. The normalized spacial score (nSPS) is 9.23. The van der Waals surface area contributed by atoms with Crippen LogP contribution in [0.15, 0.2) is 88.1 Å². The van der Waals surface area contributed by atoms with Crippen molar-refractivity contribution in [2.75, 3.05) is 6.26 Å². The van der Waals surface area contributed by atoms with Gasteiger partial charge < -0.3 is 4.42 Å². The molecule has 6 heteroatoms. The molecule has 1 aromatic heterocycles. The highest BCUT2D eigenvalue weighted by atomic mass is 35.5. The second-order valence-corrected chi connectivity index (χ2v) is 8.38. The Morgan fingerprint density at radius 2 is 1.51 bits per heavy atom. The van der Waals surface area contributed by atoms with Crippen LogP contribution >= 0.6 is 35.0 Å². The SMILES string of the molecule is C.CC.CSC(=O)c1cc2cc(CCl)ccc2oc1=O.Cc1cccc(Cl)c1.Cc1ccccc1. The molecule has 0 saturated heterocycles. The largest absolute Gasteiger partial charge is 0.422 e. The molecular weight excluding hydrogens is 499 g/mol. The number of carbonyl (C=O) groups excluding carboxylic acids is 1. The van der Waals surface area contributed by atoms with Gasteiger partial charge in [-0.15, -0.1) is 11.6 Å². The van der Waals surface area contributed by atoms with E-state index < -0.39 is 5.63 Å². The van der Waals surface area contributed by atoms with Gasteiger partial charge in [-0.25, -0.2) is 4.79 Å². The van der Waals surface area contributed by atoms with Crippen molar-refractivity contribution < 1.29 is 9.21 Å². The minimum absolute atomic E-state index is 0. The number of rotatable bonds is 2. The second-order valence-electron chi connectivity index (χ2n) is 6.90. The predicted octanol–water partition coefficient (Wildman–Crippen LogP) is 9.34. The Morgan fingerprint density at radius 1 is 0.886 bits per heavy atom. The van der Waals surface area contributed by atoms with Gasteiger partial charge in [-0.05, 0) is 61.6 Å². The van der Waals surface area contributed by atoms with Crippen LogP contribution in [0.4, 0.5) is 0 Å². The summed E-state index contributed by atoms with van der Waals surface area (Å²) < 4.78 is 5.08. The van der Waals surface area contributed by atoms with Crippen molar-refractivity contribution in [1.29, 1.82) is 0 Å². The van der Waals surface area contributed by atoms with Crippen molar-refractivity contribution in [3.05, 3.63) is 117 Å². The lowest BCUT2D eigenvalue weighted by Gasteiger charge is -2.01. The van der Waals surface area contributed by atoms with E-state index >= 15 is 0 Å². The van der Waals surface area contributed by atoms with Crippen molar-refractivity contribution in [3.8, 4) is 0 Å². The fourth-order valence-corrected chi connectivity index (χ4v) is 3.42. The molecular formula is C29H34Cl2O3S. The highest BCUT2D eigenvalue weighted by Gasteiger charge is 2.12. The van der Waals surface area contributed by atoms with Gasteiger partial charge in [0, 0.05) is 16.3 Å². The molecule has 3 nitrogen and oxygen atoms in total. The number of carbonyl (C=O) groups is 1. The van der Waals surface area contributed by atoms with E-state index in [-0.39, 0.29) is 18.1 Å². The van der Waals surface area contributed by atoms with Gasteiger partial charge in [0.05, 0.1) is 0 Å². The molecule has 0 aliphatic heterocycles. The molecule has 0 aliphatic rings. The first kappa shape index (κ1) is 32.5. The van der Waals surface area contributed by atoms with E-state index in [4.69, 9.17) is 27.6 Å². The van der Waals surface area contributed by atoms with Gasteiger partial charge in [0.25, 0.3) is 0 Å². The molecule has 0 aliphatic carbocycles. The van der Waals surface area contributed by atoms with Crippen LogP contribution in [-0.4, -0.2) is 11.4 Å². The van der Waals surface area contributed by atoms with Crippen LogP contribution in [0.1, 0.15) is 48.3 Å². The van der Waals surface area contributed by atoms with Crippen LogP contribution in [0.5, 0.6) is 0 Å². The lowest BCUT2D eigenvalue weighted by Crippen LogP contribution is -2.11. The molecule has 188 valence electrons. The molecule has 1 heterocycles. The second kappa shape index (κ2) is 17.8. The highest BCUT2D eigenvalue weighted by molar-refractivity contribution is 8.13. The zero-order valence-electron chi connectivity index (χ0n) is 20.1. The van der Waals surface area contributed by atoms with Crippen molar-refractivity contribution in [1.82, 2.24) is 0 Å². The lowest BCUT2D eigenvalue weighted by atomic mass is 10.1. The van der Waals surface area contributed by atoms with Gasteiger partial charge in [-0.2, -0.15) is 0 Å². The van der Waals surface area contributed by atoms with Crippen LogP contribution in [-0.2, 0) is 5.88 Å². The smallest absolute Gasteiger partial charge is 0.348 e. The van der Waals surface area contributed by atoms with Gasteiger partial charge in [0.2, 0.25) is 5.12 Å². The summed E-state index contributed by atoms with van der Waals surface area (Å²) in [4.78, 5) is 23.1. The summed E-state index contributed by atoms with van der Waals surface area (Å²) in [6.45, 7) is 8.10. The summed E-state index contributed by atoms with van der Waals surface area (Å²) in [7, 11) is 0. The summed E-state index contributed by atoms with van der Waals surface area (Å²) in [5.74, 6) is 0.376. The first-order valence-electron chi connectivity index (χ1n) is 10.8. The molecule has 0 atom stereocenters. The first-order chi connectivity index (χ1) is 16.3. The number of aryl methyl sites for hydroxylation is 2. The average molecular weight is 534 g/mol. The quantitative estimate of drug-likeness (QED) is 0.190.